The fraction of sp³-hybridized carbons (Fsp3) is 0.684. The van der Waals surface area contributed by atoms with Gasteiger partial charge in [-0.1, -0.05) is 82.2 Å². The van der Waals surface area contributed by atoms with Crippen molar-refractivity contribution in [3.05, 3.63) is 34.3 Å². The molecule has 2 heteroatoms. The van der Waals surface area contributed by atoms with E-state index in [1.165, 1.54) is 56.1 Å². The Hall–Kier alpha value is -0.530. The summed E-state index contributed by atoms with van der Waals surface area (Å²) in [5, 5.41) is 4.61. The predicted octanol–water partition coefficient (Wildman–Crippen LogP) is 6.44. The molecule has 0 aliphatic heterocycles. The molecule has 0 spiro atoms. The third kappa shape index (κ3) is 6.84. The SMILES string of the molecule is CCCCCCCCC(NCCC)c1cccc(C)c1Cl. The summed E-state index contributed by atoms with van der Waals surface area (Å²) in [6.45, 7) is 7.63. The van der Waals surface area contributed by atoms with E-state index in [0.717, 1.165) is 18.0 Å². The molecule has 1 aromatic carbocycles. The Kier molecular flexibility index (Phi) is 9.78. The topological polar surface area (TPSA) is 12.0 Å². The Morgan fingerprint density at radius 1 is 1.00 bits per heavy atom. The van der Waals surface area contributed by atoms with E-state index in [1.54, 1.807) is 0 Å². The van der Waals surface area contributed by atoms with E-state index >= 15 is 0 Å². The number of hydrogen-bond acceptors (Lipinski definition) is 1. The molecule has 0 saturated carbocycles. The van der Waals surface area contributed by atoms with Crippen LogP contribution in [0.25, 0.3) is 0 Å². The number of rotatable bonds is 11. The fourth-order valence-electron chi connectivity index (χ4n) is 2.75. The van der Waals surface area contributed by atoms with Gasteiger partial charge in [-0.3, -0.25) is 0 Å². The smallest absolute Gasteiger partial charge is 0.0482 e. The van der Waals surface area contributed by atoms with Crippen molar-refractivity contribution >= 4 is 11.6 Å². The van der Waals surface area contributed by atoms with E-state index in [-0.39, 0.29) is 0 Å². The van der Waals surface area contributed by atoms with Gasteiger partial charge >= 0.3 is 0 Å². The van der Waals surface area contributed by atoms with E-state index in [9.17, 15) is 0 Å². The van der Waals surface area contributed by atoms with Crippen LogP contribution in [-0.2, 0) is 0 Å². The molecule has 0 aromatic heterocycles. The van der Waals surface area contributed by atoms with Crippen LogP contribution < -0.4 is 5.32 Å². The van der Waals surface area contributed by atoms with Crippen molar-refractivity contribution in [3.63, 3.8) is 0 Å². The Bertz CT molecular complexity index is 389. The molecule has 1 aromatic rings. The van der Waals surface area contributed by atoms with E-state index in [2.05, 4.69) is 44.3 Å². The number of unbranched alkanes of at least 4 members (excludes halogenated alkanes) is 5. The molecule has 0 radical (unpaired) electrons. The van der Waals surface area contributed by atoms with Crippen molar-refractivity contribution < 1.29 is 0 Å². The first kappa shape index (κ1) is 18.5. The number of benzene rings is 1. The molecule has 0 heterocycles. The van der Waals surface area contributed by atoms with Crippen LogP contribution in [0.5, 0.6) is 0 Å². The molecular formula is C19H32ClN. The molecular weight excluding hydrogens is 278 g/mol. The minimum absolute atomic E-state index is 0.406. The molecule has 1 atom stereocenters. The molecule has 120 valence electrons. The van der Waals surface area contributed by atoms with E-state index < -0.39 is 0 Å². The second kappa shape index (κ2) is 11.1. The maximum atomic E-state index is 6.51. The lowest BCUT2D eigenvalue weighted by atomic mass is 9.98. The van der Waals surface area contributed by atoms with Crippen LogP contribution >= 0.6 is 11.6 Å². The van der Waals surface area contributed by atoms with E-state index in [1.807, 2.05) is 0 Å². The maximum absolute atomic E-state index is 6.51. The summed E-state index contributed by atoms with van der Waals surface area (Å²) in [7, 11) is 0. The summed E-state index contributed by atoms with van der Waals surface area (Å²) in [6.07, 6.45) is 10.4. The monoisotopic (exact) mass is 309 g/mol. The second-order valence-corrected chi connectivity index (χ2v) is 6.42. The van der Waals surface area contributed by atoms with Gasteiger partial charge in [0.1, 0.15) is 0 Å². The minimum atomic E-state index is 0.406. The summed E-state index contributed by atoms with van der Waals surface area (Å²) >= 11 is 6.51. The summed E-state index contributed by atoms with van der Waals surface area (Å²) in [6, 6.07) is 6.80. The molecule has 1 N–H and O–H groups in total. The normalized spacial score (nSPS) is 12.6. The van der Waals surface area contributed by atoms with Gasteiger partial charge < -0.3 is 5.32 Å². The third-order valence-electron chi connectivity index (χ3n) is 4.08. The Balaban J connectivity index is 2.53. The Morgan fingerprint density at radius 3 is 2.43 bits per heavy atom. The highest BCUT2D eigenvalue weighted by molar-refractivity contribution is 6.32. The highest BCUT2D eigenvalue weighted by Crippen LogP contribution is 2.29. The molecule has 0 aliphatic carbocycles. The van der Waals surface area contributed by atoms with Gasteiger partial charge in [-0.2, -0.15) is 0 Å². The Labute approximate surface area is 136 Å². The average Bonchev–Trinajstić information content (AvgIpc) is 2.49. The molecule has 0 fully saturated rings. The first-order valence-electron chi connectivity index (χ1n) is 8.69. The van der Waals surface area contributed by atoms with Gasteiger partial charge in [0.05, 0.1) is 0 Å². The first-order valence-corrected chi connectivity index (χ1v) is 9.06. The van der Waals surface area contributed by atoms with Crippen molar-refractivity contribution in [2.75, 3.05) is 6.54 Å². The standard InChI is InChI=1S/C19H32ClN/c1-4-6-7-8-9-10-14-18(21-15-5-2)17-13-11-12-16(3)19(17)20/h11-13,18,21H,4-10,14-15H2,1-3H3. The number of aryl methyl sites for hydroxylation is 1. The van der Waals surface area contributed by atoms with Crippen LogP contribution in [0.2, 0.25) is 5.02 Å². The molecule has 1 unspecified atom stereocenters. The lowest BCUT2D eigenvalue weighted by Crippen LogP contribution is -2.22. The van der Waals surface area contributed by atoms with Crippen LogP contribution in [0.1, 0.15) is 82.4 Å². The molecule has 0 amide bonds. The summed E-state index contributed by atoms with van der Waals surface area (Å²) in [5.41, 5.74) is 2.46. The summed E-state index contributed by atoms with van der Waals surface area (Å²) in [4.78, 5) is 0. The van der Waals surface area contributed by atoms with Crippen molar-refractivity contribution in [2.24, 2.45) is 0 Å². The predicted molar refractivity (Wildman–Crippen MR) is 95.2 cm³/mol. The van der Waals surface area contributed by atoms with Crippen molar-refractivity contribution in [2.45, 2.75) is 78.2 Å². The van der Waals surface area contributed by atoms with E-state index in [0.29, 0.717) is 6.04 Å². The molecule has 0 aliphatic rings. The summed E-state index contributed by atoms with van der Waals surface area (Å²) in [5.74, 6) is 0. The van der Waals surface area contributed by atoms with Gasteiger partial charge in [0, 0.05) is 11.1 Å². The van der Waals surface area contributed by atoms with Crippen LogP contribution in [-0.4, -0.2) is 6.54 Å². The van der Waals surface area contributed by atoms with Gasteiger partial charge in [0.15, 0.2) is 0 Å². The zero-order chi connectivity index (χ0) is 15.5. The maximum Gasteiger partial charge on any atom is 0.0482 e. The summed E-state index contributed by atoms with van der Waals surface area (Å²) < 4.78 is 0. The first-order chi connectivity index (χ1) is 10.2. The lowest BCUT2D eigenvalue weighted by molar-refractivity contribution is 0.466. The second-order valence-electron chi connectivity index (χ2n) is 6.04. The molecule has 0 bridgehead atoms. The van der Waals surface area contributed by atoms with Crippen molar-refractivity contribution in [1.82, 2.24) is 5.32 Å². The Morgan fingerprint density at radius 2 is 1.71 bits per heavy atom. The third-order valence-corrected chi connectivity index (χ3v) is 4.60. The van der Waals surface area contributed by atoms with Crippen LogP contribution in [0.3, 0.4) is 0 Å². The lowest BCUT2D eigenvalue weighted by Gasteiger charge is -2.21. The van der Waals surface area contributed by atoms with Crippen LogP contribution in [0.15, 0.2) is 18.2 Å². The molecule has 1 rings (SSSR count). The fourth-order valence-corrected chi connectivity index (χ4v) is 3.01. The zero-order valence-corrected chi connectivity index (χ0v) is 14.8. The van der Waals surface area contributed by atoms with Crippen molar-refractivity contribution in [1.29, 1.82) is 0 Å². The van der Waals surface area contributed by atoms with Gasteiger partial charge in [-0.05, 0) is 37.4 Å². The zero-order valence-electron chi connectivity index (χ0n) is 14.1. The quantitative estimate of drug-likeness (QED) is 0.464. The van der Waals surface area contributed by atoms with Gasteiger partial charge in [-0.25, -0.2) is 0 Å². The number of hydrogen-bond donors (Lipinski definition) is 1. The van der Waals surface area contributed by atoms with Gasteiger partial charge in [0.2, 0.25) is 0 Å². The number of nitrogens with one attached hydrogen (secondary N) is 1. The minimum Gasteiger partial charge on any atom is -0.310 e. The van der Waals surface area contributed by atoms with Gasteiger partial charge in [-0.15, -0.1) is 0 Å². The van der Waals surface area contributed by atoms with Crippen molar-refractivity contribution in [3.8, 4) is 0 Å². The average molecular weight is 310 g/mol. The largest absolute Gasteiger partial charge is 0.310 e. The molecule has 0 saturated heterocycles. The number of halogens is 1. The van der Waals surface area contributed by atoms with Crippen LogP contribution in [0, 0.1) is 6.92 Å². The van der Waals surface area contributed by atoms with E-state index in [4.69, 9.17) is 11.6 Å². The highest BCUT2D eigenvalue weighted by atomic mass is 35.5. The molecule has 21 heavy (non-hydrogen) atoms. The van der Waals surface area contributed by atoms with Crippen LogP contribution in [0.4, 0.5) is 0 Å². The highest BCUT2D eigenvalue weighted by Gasteiger charge is 2.14. The van der Waals surface area contributed by atoms with Gasteiger partial charge in [0.25, 0.3) is 0 Å². The molecule has 1 nitrogen and oxygen atoms in total.